The van der Waals surface area contributed by atoms with E-state index in [-0.39, 0.29) is 25.7 Å². The molecule has 26 heteroatoms. The summed E-state index contributed by atoms with van der Waals surface area (Å²) in [5, 5.41) is 102. The molecule has 3 fully saturated rings. The van der Waals surface area contributed by atoms with Crippen molar-refractivity contribution in [1.29, 1.82) is 0 Å². The van der Waals surface area contributed by atoms with Crippen LogP contribution in [0.2, 0.25) is 0 Å². The van der Waals surface area contributed by atoms with Crippen LogP contribution in [-0.2, 0) is 70.7 Å². The van der Waals surface area contributed by atoms with Crippen molar-refractivity contribution in [3.8, 4) is 0 Å². The molecule has 1 aliphatic carbocycles. The lowest BCUT2D eigenvalue weighted by atomic mass is 9.84. The second kappa shape index (κ2) is 72.0. The summed E-state index contributed by atoms with van der Waals surface area (Å²) in [6, 6.07) is 0. The van der Waals surface area contributed by atoms with Crippen molar-refractivity contribution in [2.24, 2.45) is 0 Å². The van der Waals surface area contributed by atoms with Crippen molar-refractivity contribution >= 4 is 31.7 Å². The number of phosphoric acid groups is 1. The molecule has 2 heterocycles. The molecule has 0 bridgehead atoms. The summed E-state index contributed by atoms with van der Waals surface area (Å²) >= 11 is 0. The van der Waals surface area contributed by atoms with E-state index in [9.17, 15) is 74.6 Å². The third-order valence-electron chi connectivity index (χ3n) is 23.4. The maximum Gasteiger partial charge on any atom is 0.472 e. The zero-order valence-electron chi connectivity index (χ0n) is 74.4. The average molecular weight is 1720 g/mol. The fourth-order valence-electron chi connectivity index (χ4n) is 15.8. The molecule has 3 aliphatic rings. The van der Waals surface area contributed by atoms with Crippen LogP contribution in [0.3, 0.4) is 0 Å². The molecule has 0 aromatic carbocycles. The van der Waals surface area contributed by atoms with Crippen LogP contribution in [0, 0.1) is 0 Å². The van der Waals surface area contributed by atoms with Gasteiger partial charge >= 0.3 is 31.7 Å². The van der Waals surface area contributed by atoms with Gasteiger partial charge in [0.25, 0.3) is 0 Å². The molecule has 2 saturated heterocycles. The lowest BCUT2D eigenvalue weighted by molar-refractivity contribution is -0.360. The highest BCUT2D eigenvalue weighted by molar-refractivity contribution is 7.47. The van der Waals surface area contributed by atoms with Crippen LogP contribution in [-0.4, -0.2) is 205 Å². The van der Waals surface area contributed by atoms with Gasteiger partial charge in [0.1, 0.15) is 92.6 Å². The molecule has 10 N–H and O–H groups in total. The molecule has 0 amide bonds. The number of aliphatic hydroxyl groups excluding tert-OH is 9. The third-order valence-corrected chi connectivity index (χ3v) is 24.4. The van der Waals surface area contributed by atoms with Crippen LogP contribution in [0.4, 0.5) is 0 Å². The summed E-state index contributed by atoms with van der Waals surface area (Å²) in [5.74, 6) is -2.96. The summed E-state index contributed by atoms with van der Waals surface area (Å²) in [4.78, 5) is 66.5. The second-order valence-corrected chi connectivity index (χ2v) is 35.6. The maximum atomic E-state index is 14.9. The molecule has 0 aromatic heterocycles. The number of carbonyl (C=O) groups excluding carboxylic acids is 4. The summed E-state index contributed by atoms with van der Waals surface area (Å²) in [6.45, 7) is 5.59. The van der Waals surface area contributed by atoms with E-state index in [1.54, 1.807) is 0 Å². The molecular weight excluding hydrogens is 1550 g/mol. The summed E-state index contributed by atoms with van der Waals surface area (Å²) in [7, 11) is -5.81. The number of hydrogen-bond acceptors (Lipinski definition) is 24. The van der Waals surface area contributed by atoms with Crippen molar-refractivity contribution in [3.05, 3.63) is 24.3 Å². The van der Waals surface area contributed by atoms with Crippen LogP contribution in [0.5, 0.6) is 0 Å². The fourth-order valence-corrected chi connectivity index (χ4v) is 16.7. The molecule has 1 saturated carbocycles. The number of esters is 4. The Kier molecular flexibility index (Phi) is 66.7. The van der Waals surface area contributed by atoms with Crippen LogP contribution in [0.15, 0.2) is 24.3 Å². The SMILES string of the molecule is CCCCCC/C=C\CCCCCCCCCC(=O)OCC(COP(=O)(O)OC1C(OC2OC(CO)C(O)C(O)C2O)C(O)C(O)C(OC(=O)CCCCCCCCCCCCCCCCC)C1OC1OC(COC(=O)CCCCCCCCCCCCCCCCC)C(O)C(O)C1O)OC(=O)CCCCCCCCC/C=C\CCCCCC. The van der Waals surface area contributed by atoms with Gasteiger partial charge in [0.2, 0.25) is 0 Å². The smallest absolute Gasteiger partial charge is 0.463 e. The van der Waals surface area contributed by atoms with Gasteiger partial charge in [-0.3, -0.25) is 28.2 Å². The minimum atomic E-state index is -5.81. The Bertz CT molecular complexity index is 2570. The van der Waals surface area contributed by atoms with E-state index in [2.05, 4.69) is 52.0 Å². The molecule has 2 aliphatic heterocycles. The van der Waals surface area contributed by atoms with Gasteiger partial charge in [0, 0.05) is 25.7 Å². The number of phosphoric ester groups is 1. The number of hydrogen-bond donors (Lipinski definition) is 10. The van der Waals surface area contributed by atoms with Gasteiger partial charge in [-0.25, -0.2) is 4.57 Å². The van der Waals surface area contributed by atoms with E-state index in [0.29, 0.717) is 38.5 Å². The zero-order valence-corrected chi connectivity index (χ0v) is 75.3. The van der Waals surface area contributed by atoms with Crippen molar-refractivity contribution in [2.75, 3.05) is 26.4 Å². The van der Waals surface area contributed by atoms with E-state index in [4.69, 9.17) is 46.9 Å². The van der Waals surface area contributed by atoms with Crippen molar-refractivity contribution in [3.63, 3.8) is 0 Å². The summed E-state index contributed by atoms with van der Waals surface area (Å²) < 4.78 is 73.5. The molecule has 0 aromatic rings. The van der Waals surface area contributed by atoms with E-state index in [1.807, 2.05) is 0 Å². The number of allylic oxidation sites excluding steroid dienone is 4. The topological polar surface area (TPSA) is 380 Å². The standard InChI is InChI=1S/C93H171O25P/c1-5-9-13-17-21-25-29-33-37-41-45-49-53-57-61-65-76(95)109-70-73(112-78(97)67-63-59-55-51-47-43-39-35-31-27-23-19-15-11-7-3)71-111-119(107,108)118-91-89(116-92-86(105)82(101)80(99)74(69-94)113-92)85(104)84(103)88(115-79(98)68-64-60-56-52-48-44-40-36-32-28-24-20-16-12-8-4)90(91)117-93-87(106)83(102)81(100)75(114-93)72-110-77(96)66-62-58-54-50-46-42-38-34-30-26-22-18-14-10-6-2/h25,27,29,31,73-75,80-94,99-106H,5-24,26,28,30,32-72H2,1-4H3,(H,107,108)/b29-25-,31-27-. The highest BCUT2D eigenvalue weighted by Gasteiger charge is 2.60. The van der Waals surface area contributed by atoms with Gasteiger partial charge in [-0.15, -0.1) is 0 Å². The van der Waals surface area contributed by atoms with Crippen LogP contribution >= 0.6 is 7.82 Å². The van der Waals surface area contributed by atoms with Gasteiger partial charge < -0.3 is 88.7 Å². The zero-order chi connectivity index (χ0) is 86.8. The normalized spacial score (nSPS) is 24.9. The van der Waals surface area contributed by atoms with Gasteiger partial charge in [0.15, 0.2) is 24.8 Å². The highest BCUT2D eigenvalue weighted by Crippen LogP contribution is 2.49. The Morgan fingerprint density at radius 1 is 0.328 bits per heavy atom. The maximum absolute atomic E-state index is 14.9. The average Bonchev–Trinajstić information content (AvgIpc) is 0.754. The first-order valence-corrected chi connectivity index (χ1v) is 49.6. The van der Waals surface area contributed by atoms with Gasteiger partial charge in [-0.2, -0.15) is 0 Å². The van der Waals surface area contributed by atoms with Gasteiger partial charge in [-0.1, -0.05) is 335 Å². The Labute approximate surface area is 717 Å². The lowest BCUT2D eigenvalue weighted by Crippen LogP contribution is -2.70. The van der Waals surface area contributed by atoms with E-state index in [1.165, 1.54) is 161 Å². The van der Waals surface area contributed by atoms with E-state index < -0.39 is 162 Å². The third kappa shape index (κ3) is 52.0. The van der Waals surface area contributed by atoms with Crippen molar-refractivity contribution < 1.29 is 122 Å². The lowest BCUT2D eigenvalue weighted by Gasteiger charge is -2.50. The molecule has 119 heavy (non-hydrogen) atoms. The summed E-state index contributed by atoms with van der Waals surface area (Å²) in [5.41, 5.74) is 0. The number of rotatable bonds is 78. The number of unbranched alkanes of at least 4 members (excludes halogenated alkanes) is 50. The first-order chi connectivity index (χ1) is 57.7. The first kappa shape index (κ1) is 110. The molecule has 18 unspecified atom stereocenters. The molecule has 698 valence electrons. The molecule has 0 spiro atoms. The van der Waals surface area contributed by atoms with E-state index >= 15 is 0 Å². The molecule has 3 rings (SSSR count). The first-order valence-electron chi connectivity index (χ1n) is 48.1. The van der Waals surface area contributed by atoms with Crippen LogP contribution in [0.1, 0.15) is 413 Å². The number of aliphatic hydroxyl groups is 9. The van der Waals surface area contributed by atoms with Gasteiger partial charge in [0.05, 0.1) is 13.2 Å². The van der Waals surface area contributed by atoms with Crippen LogP contribution in [0.25, 0.3) is 0 Å². The number of carbonyl (C=O) groups is 4. The predicted molar refractivity (Wildman–Crippen MR) is 463 cm³/mol. The Hall–Kier alpha value is -3.05. The predicted octanol–water partition coefficient (Wildman–Crippen LogP) is 18.1. The molecular formula is C93H171O25P. The monoisotopic (exact) mass is 1720 g/mol. The second-order valence-electron chi connectivity index (χ2n) is 34.2. The largest absolute Gasteiger partial charge is 0.472 e. The van der Waals surface area contributed by atoms with Crippen molar-refractivity contribution in [1.82, 2.24) is 0 Å². The van der Waals surface area contributed by atoms with Gasteiger partial charge in [-0.05, 0) is 77.0 Å². The van der Waals surface area contributed by atoms with Crippen LogP contribution < -0.4 is 0 Å². The molecule has 18 atom stereocenters. The summed E-state index contributed by atoms with van der Waals surface area (Å²) in [6.07, 6.45) is 32.9. The minimum absolute atomic E-state index is 0.0178. The Balaban J connectivity index is 1.91. The highest BCUT2D eigenvalue weighted by atomic mass is 31.2. The molecule has 0 radical (unpaired) electrons. The Morgan fingerprint density at radius 3 is 1.01 bits per heavy atom. The fraction of sp³-hybridized carbons (Fsp3) is 0.914. The quantitative estimate of drug-likeness (QED) is 0.00889. The Morgan fingerprint density at radius 2 is 0.630 bits per heavy atom. The van der Waals surface area contributed by atoms with Crippen molar-refractivity contribution in [2.45, 2.75) is 517 Å². The minimum Gasteiger partial charge on any atom is -0.463 e. The van der Waals surface area contributed by atoms with E-state index in [0.717, 1.165) is 161 Å². The number of ether oxygens (including phenoxy) is 8. The molecule has 25 nitrogen and oxygen atoms in total.